The lowest BCUT2D eigenvalue weighted by Crippen LogP contribution is -2.17. The van der Waals surface area contributed by atoms with Gasteiger partial charge in [0.05, 0.1) is 6.42 Å². The molecule has 0 radical (unpaired) electrons. The van der Waals surface area contributed by atoms with E-state index in [1.807, 2.05) is 18.2 Å². The van der Waals surface area contributed by atoms with Crippen molar-refractivity contribution in [3.63, 3.8) is 0 Å². The molecule has 0 bridgehead atoms. The van der Waals surface area contributed by atoms with Crippen LogP contribution in [0.5, 0.6) is 5.75 Å². The third kappa shape index (κ3) is 4.95. The molecule has 0 fully saturated rings. The number of nitrogens with one attached hydrogen (secondary N) is 1. The van der Waals surface area contributed by atoms with Crippen LogP contribution >= 0.6 is 0 Å². The Balaban J connectivity index is 1.37. The normalized spacial score (nSPS) is 15.0. The van der Waals surface area contributed by atoms with E-state index in [9.17, 15) is 23.1 Å². The summed E-state index contributed by atoms with van der Waals surface area (Å²) in [5, 5.41) is 14.3. The molecule has 1 unspecified atom stereocenters. The molecule has 1 aliphatic rings. The summed E-state index contributed by atoms with van der Waals surface area (Å²) in [5.41, 5.74) is 5.67. The van der Waals surface area contributed by atoms with Crippen LogP contribution in [-0.2, 0) is 11.2 Å². The molecule has 8 nitrogen and oxygen atoms in total. The number of aryl methyl sites for hydroxylation is 2. The molecule has 198 valence electrons. The number of hydrogen-bond donors (Lipinski definition) is 2. The molecule has 2 aromatic carbocycles. The van der Waals surface area contributed by atoms with Crippen LogP contribution in [-0.4, -0.2) is 37.5 Å². The first-order valence-electron chi connectivity index (χ1n) is 12.2. The lowest BCUT2D eigenvalue weighted by molar-refractivity contribution is -0.274. The van der Waals surface area contributed by atoms with Gasteiger partial charge in [-0.25, -0.2) is 0 Å². The van der Waals surface area contributed by atoms with Crippen LogP contribution in [0.1, 0.15) is 35.7 Å². The number of aromatic nitrogens is 4. The first-order valence-corrected chi connectivity index (χ1v) is 12.2. The number of fused-ring (bicyclic) bond motifs is 3. The minimum absolute atomic E-state index is 0.0329. The van der Waals surface area contributed by atoms with Crippen LogP contribution in [0, 0.1) is 6.92 Å². The SMILES string of the molecule is Cc1cc(-c2cc(OC(F)(F)F)cc(-c3nc(-c4ccc5[nH]c6c(c5c4)CCC6CC(=O)O)no3)c2)ccn1. The number of hydrogen-bond acceptors (Lipinski definition) is 6. The second-order valence-corrected chi connectivity index (χ2v) is 9.51. The molecule has 39 heavy (non-hydrogen) atoms. The number of nitrogens with zero attached hydrogens (tertiary/aromatic N) is 3. The monoisotopic (exact) mass is 534 g/mol. The summed E-state index contributed by atoms with van der Waals surface area (Å²) in [7, 11) is 0. The van der Waals surface area contributed by atoms with Crippen molar-refractivity contribution < 1.29 is 32.3 Å². The summed E-state index contributed by atoms with van der Waals surface area (Å²) in [6, 6.07) is 13.2. The fourth-order valence-electron chi connectivity index (χ4n) is 5.17. The van der Waals surface area contributed by atoms with Crippen LogP contribution in [0.2, 0.25) is 0 Å². The van der Waals surface area contributed by atoms with E-state index in [0.717, 1.165) is 35.0 Å². The van der Waals surface area contributed by atoms with Gasteiger partial charge in [-0.2, -0.15) is 4.98 Å². The molecule has 6 rings (SSSR count). The van der Waals surface area contributed by atoms with Gasteiger partial charge in [0, 0.05) is 45.5 Å². The second-order valence-electron chi connectivity index (χ2n) is 9.51. The van der Waals surface area contributed by atoms with Gasteiger partial charge in [-0.15, -0.1) is 13.2 Å². The molecule has 3 heterocycles. The first kappa shape index (κ1) is 24.7. The molecule has 0 amide bonds. The number of alkyl halides is 3. The van der Waals surface area contributed by atoms with Gasteiger partial charge in [0.1, 0.15) is 5.75 Å². The molecule has 0 saturated heterocycles. The van der Waals surface area contributed by atoms with Gasteiger partial charge < -0.3 is 19.4 Å². The number of carboxylic acid groups (broad SMARTS) is 1. The van der Waals surface area contributed by atoms with E-state index in [0.29, 0.717) is 22.4 Å². The topological polar surface area (TPSA) is 114 Å². The molecule has 2 N–H and O–H groups in total. The molecule has 0 spiro atoms. The Morgan fingerprint density at radius 3 is 2.69 bits per heavy atom. The number of halogens is 3. The van der Waals surface area contributed by atoms with Crippen molar-refractivity contribution in [3.05, 3.63) is 71.7 Å². The van der Waals surface area contributed by atoms with Crippen LogP contribution in [0.4, 0.5) is 13.2 Å². The van der Waals surface area contributed by atoms with Crippen molar-refractivity contribution in [1.82, 2.24) is 20.1 Å². The Kier molecular flexibility index (Phi) is 5.86. The number of carboxylic acids is 1. The lowest BCUT2D eigenvalue weighted by Gasteiger charge is -2.12. The number of benzene rings is 2. The van der Waals surface area contributed by atoms with E-state index in [-0.39, 0.29) is 29.6 Å². The summed E-state index contributed by atoms with van der Waals surface area (Å²) in [4.78, 5) is 23.2. The second kappa shape index (κ2) is 9.26. The van der Waals surface area contributed by atoms with Gasteiger partial charge in [0.2, 0.25) is 5.82 Å². The zero-order valence-corrected chi connectivity index (χ0v) is 20.5. The van der Waals surface area contributed by atoms with Gasteiger partial charge in [-0.3, -0.25) is 9.78 Å². The molecular weight excluding hydrogens is 513 g/mol. The van der Waals surface area contributed by atoms with E-state index < -0.39 is 18.1 Å². The Labute approximate surface area is 219 Å². The number of ether oxygens (including phenoxy) is 1. The minimum atomic E-state index is -4.88. The van der Waals surface area contributed by atoms with E-state index in [1.165, 1.54) is 12.1 Å². The van der Waals surface area contributed by atoms with Gasteiger partial charge in [-0.1, -0.05) is 5.16 Å². The Hall–Kier alpha value is -4.67. The number of pyridine rings is 1. The van der Waals surface area contributed by atoms with Gasteiger partial charge >= 0.3 is 12.3 Å². The standard InChI is InChI=1S/C28H21F3N4O4/c1-14-8-15(6-7-32-14)18-9-19(11-20(10-18)38-28(29,30)31)27-34-26(35-39-27)17-3-5-23-22(12-17)21-4-2-16(13-24(36)37)25(21)33-23/h3,5-12,16,33H,2,4,13H2,1H3,(H,36,37). The van der Waals surface area contributed by atoms with Gasteiger partial charge in [0.15, 0.2) is 0 Å². The molecule has 0 aliphatic heterocycles. The lowest BCUT2D eigenvalue weighted by atomic mass is 10.0. The average Bonchev–Trinajstić information content (AvgIpc) is 3.59. The fourth-order valence-corrected chi connectivity index (χ4v) is 5.17. The zero-order chi connectivity index (χ0) is 27.3. The highest BCUT2D eigenvalue weighted by Gasteiger charge is 2.32. The minimum Gasteiger partial charge on any atom is -0.481 e. The smallest absolute Gasteiger partial charge is 0.481 e. The fraction of sp³-hybridized carbons (Fsp3) is 0.214. The van der Waals surface area contributed by atoms with E-state index >= 15 is 0 Å². The quantitative estimate of drug-likeness (QED) is 0.250. The van der Waals surface area contributed by atoms with Crippen LogP contribution in [0.3, 0.4) is 0 Å². The summed E-state index contributed by atoms with van der Waals surface area (Å²) in [6.45, 7) is 1.79. The zero-order valence-electron chi connectivity index (χ0n) is 20.5. The summed E-state index contributed by atoms with van der Waals surface area (Å²) < 4.78 is 48.9. The number of aromatic amines is 1. The number of carbonyl (C=O) groups is 1. The highest BCUT2D eigenvalue weighted by atomic mass is 19.4. The maximum Gasteiger partial charge on any atom is 0.573 e. The molecule has 1 aliphatic carbocycles. The van der Waals surface area contributed by atoms with Gasteiger partial charge in [-0.05, 0) is 85.0 Å². The molecule has 1 atom stereocenters. The predicted molar refractivity (Wildman–Crippen MR) is 135 cm³/mol. The third-order valence-corrected chi connectivity index (χ3v) is 6.81. The summed E-state index contributed by atoms with van der Waals surface area (Å²) >= 11 is 0. The first-order chi connectivity index (χ1) is 18.6. The molecule has 5 aromatic rings. The molecular formula is C28H21F3N4O4. The molecule has 0 saturated carbocycles. The summed E-state index contributed by atoms with van der Waals surface area (Å²) in [5.74, 6) is -1.01. The maximum absolute atomic E-state index is 13.1. The van der Waals surface area contributed by atoms with Crippen LogP contribution in [0.25, 0.3) is 44.9 Å². The Morgan fingerprint density at radius 2 is 1.92 bits per heavy atom. The van der Waals surface area contributed by atoms with E-state index in [2.05, 4.69) is 24.8 Å². The average molecular weight is 534 g/mol. The van der Waals surface area contributed by atoms with Crippen molar-refractivity contribution in [3.8, 4) is 39.7 Å². The highest BCUT2D eigenvalue weighted by Crippen LogP contribution is 2.41. The van der Waals surface area contributed by atoms with Crippen molar-refractivity contribution in [1.29, 1.82) is 0 Å². The predicted octanol–water partition coefficient (Wildman–Crippen LogP) is 6.66. The molecule has 3 aromatic heterocycles. The highest BCUT2D eigenvalue weighted by molar-refractivity contribution is 5.89. The molecule has 11 heteroatoms. The van der Waals surface area contributed by atoms with E-state index in [4.69, 9.17) is 4.52 Å². The third-order valence-electron chi connectivity index (χ3n) is 6.81. The van der Waals surface area contributed by atoms with Gasteiger partial charge in [0.25, 0.3) is 5.89 Å². The number of H-pyrrole nitrogens is 1. The van der Waals surface area contributed by atoms with E-state index in [1.54, 1.807) is 31.3 Å². The number of aliphatic carboxylic acids is 1. The maximum atomic E-state index is 13.1. The Bertz CT molecular complexity index is 1720. The van der Waals surface area contributed by atoms with Crippen molar-refractivity contribution in [2.75, 3.05) is 0 Å². The van der Waals surface area contributed by atoms with Crippen LogP contribution < -0.4 is 4.74 Å². The van der Waals surface area contributed by atoms with Crippen molar-refractivity contribution in [2.24, 2.45) is 0 Å². The summed E-state index contributed by atoms with van der Waals surface area (Å²) in [6.07, 6.45) is -1.71. The van der Waals surface area contributed by atoms with Crippen molar-refractivity contribution in [2.45, 2.75) is 38.5 Å². The van der Waals surface area contributed by atoms with Crippen molar-refractivity contribution >= 4 is 16.9 Å². The Morgan fingerprint density at radius 1 is 1.10 bits per heavy atom. The largest absolute Gasteiger partial charge is 0.573 e. The van der Waals surface area contributed by atoms with Crippen LogP contribution in [0.15, 0.2) is 59.3 Å². The number of rotatable bonds is 6.